The van der Waals surface area contributed by atoms with Crippen LogP contribution >= 0.6 is 0 Å². The summed E-state index contributed by atoms with van der Waals surface area (Å²) in [7, 11) is 9.26. The fraction of sp³-hybridized carbons (Fsp3) is 0.889. The first kappa shape index (κ1) is 13.4. The zero-order valence-corrected chi connectivity index (χ0v) is 11.7. The third-order valence-corrected chi connectivity index (χ3v) is 4.14. The van der Waals surface area contributed by atoms with Crippen molar-refractivity contribution in [2.75, 3.05) is 35.3 Å². The smallest absolute Gasteiger partial charge is 0.195 e. The maximum absolute atomic E-state index is 5.31. The van der Waals surface area contributed by atoms with Gasteiger partial charge in [-0.1, -0.05) is 6.92 Å². The number of guanidine groups is 1. The largest absolute Gasteiger partial charge is 0.425 e. The van der Waals surface area contributed by atoms with Crippen molar-refractivity contribution in [1.82, 2.24) is 9.80 Å². The summed E-state index contributed by atoms with van der Waals surface area (Å²) in [4.78, 5) is 8.53. The molecule has 0 bridgehead atoms. The van der Waals surface area contributed by atoms with E-state index in [2.05, 4.69) is 23.9 Å². The molecular weight excluding hydrogens is 194 g/mol. The van der Waals surface area contributed by atoms with Gasteiger partial charge >= 0.3 is 0 Å². The molecular formula is C9H23N3OSi. The first-order valence-electron chi connectivity index (χ1n) is 4.94. The van der Waals surface area contributed by atoms with Crippen molar-refractivity contribution in [3.8, 4) is 0 Å². The third-order valence-electron chi connectivity index (χ3n) is 2.29. The van der Waals surface area contributed by atoms with E-state index in [9.17, 15) is 0 Å². The second-order valence-corrected chi connectivity index (χ2v) is 5.40. The van der Waals surface area contributed by atoms with Gasteiger partial charge in [0.15, 0.2) is 15.7 Å². The highest BCUT2D eigenvalue weighted by Gasteiger charge is 2.17. The first-order valence-corrected chi connectivity index (χ1v) is 6.33. The standard InChI is InChI=1S/C9H23N3OSi/c1-7-8(14-13-6)12(5)9(10-2)11(3)4/h8H,7,14H2,1-6H3/b10-9+. The molecule has 0 saturated heterocycles. The Morgan fingerprint density at radius 2 is 2.00 bits per heavy atom. The molecule has 0 saturated carbocycles. The van der Waals surface area contributed by atoms with Crippen LogP contribution in [0.25, 0.3) is 0 Å². The Morgan fingerprint density at radius 1 is 1.43 bits per heavy atom. The van der Waals surface area contributed by atoms with Gasteiger partial charge in [0.2, 0.25) is 0 Å². The molecule has 14 heavy (non-hydrogen) atoms. The van der Waals surface area contributed by atoms with Gasteiger partial charge in [-0.2, -0.15) is 0 Å². The fourth-order valence-electron chi connectivity index (χ4n) is 1.53. The molecule has 5 heteroatoms. The van der Waals surface area contributed by atoms with Crippen LogP contribution in [0.15, 0.2) is 4.99 Å². The van der Waals surface area contributed by atoms with Gasteiger partial charge < -0.3 is 14.2 Å². The molecule has 0 aliphatic heterocycles. The lowest BCUT2D eigenvalue weighted by molar-refractivity contribution is 0.345. The quantitative estimate of drug-likeness (QED) is 0.375. The van der Waals surface area contributed by atoms with Crippen molar-refractivity contribution in [1.29, 1.82) is 0 Å². The van der Waals surface area contributed by atoms with Crippen LogP contribution in [-0.2, 0) is 4.43 Å². The Kier molecular flexibility index (Phi) is 6.57. The van der Waals surface area contributed by atoms with Gasteiger partial charge in [-0.05, 0) is 6.42 Å². The molecule has 0 aromatic heterocycles. The summed E-state index contributed by atoms with van der Waals surface area (Å²) in [6.45, 7) is 2.19. The SMILES string of the molecule is CCC([SiH2]OC)N(C)/C(=N/C)N(C)C. The van der Waals surface area contributed by atoms with Crippen LogP contribution in [0.4, 0.5) is 0 Å². The number of hydrogen-bond acceptors (Lipinski definition) is 2. The molecule has 0 amide bonds. The number of aliphatic imine (C=N–C) groups is 1. The molecule has 84 valence electrons. The van der Waals surface area contributed by atoms with Gasteiger partial charge in [-0.25, -0.2) is 0 Å². The molecule has 0 spiro atoms. The Bertz CT molecular complexity index is 185. The van der Waals surface area contributed by atoms with Crippen molar-refractivity contribution in [3.05, 3.63) is 0 Å². The van der Waals surface area contributed by atoms with E-state index in [1.54, 1.807) is 7.11 Å². The summed E-state index contributed by atoms with van der Waals surface area (Å²) in [6.07, 6.45) is 1.11. The third kappa shape index (κ3) is 3.67. The Labute approximate surface area is 89.9 Å². The van der Waals surface area contributed by atoms with E-state index in [1.165, 1.54) is 0 Å². The van der Waals surface area contributed by atoms with Crippen molar-refractivity contribution >= 4 is 15.7 Å². The molecule has 0 aliphatic rings. The predicted octanol–water partition coefficient (Wildman–Crippen LogP) is -0.0681. The summed E-state index contributed by atoms with van der Waals surface area (Å²) in [6, 6.07) is 0. The maximum Gasteiger partial charge on any atom is 0.195 e. The lowest BCUT2D eigenvalue weighted by Gasteiger charge is -2.32. The van der Waals surface area contributed by atoms with Crippen LogP contribution < -0.4 is 0 Å². The molecule has 0 N–H and O–H groups in total. The van der Waals surface area contributed by atoms with Crippen LogP contribution in [-0.4, -0.2) is 66.5 Å². The predicted molar refractivity (Wildman–Crippen MR) is 64.4 cm³/mol. The Balaban J connectivity index is 4.46. The fourth-order valence-corrected chi connectivity index (χ4v) is 2.54. The van der Waals surface area contributed by atoms with Crippen LogP contribution in [0.5, 0.6) is 0 Å². The summed E-state index contributed by atoms with van der Waals surface area (Å²) in [5.74, 6) is 1.02. The van der Waals surface area contributed by atoms with E-state index >= 15 is 0 Å². The summed E-state index contributed by atoms with van der Waals surface area (Å²) in [5, 5.41) is 0. The van der Waals surface area contributed by atoms with Crippen LogP contribution in [0.2, 0.25) is 0 Å². The van der Waals surface area contributed by atoms with E-state index in [4.69, 9.17) is 4.43 Å². The van der Waals surface area contributed by atoms with E-state index in [-0.39, 0.29) is 0 Å². The topological polar surface area (TPSA) is 28.1 Å². The molecule has 1 unspecified atom stereocenters. The minimum atomic E-state index is -0.477. The molecule has 0 radical (unpaired) electrons. The van der Waals surface area contributed by atoms with Gasteiger partial charge in [0.05, 0.1) is 0 Å². The molecule has 0 fully saturated rings. The molecule has 0 aliphatic carbocycles. The number of hydrogen-bond donors (Lipinski definition) is 0. The lowest BCUT2D eigenvalue weighted by Crippen LogP contribution is -2.46. The zero-order chi connectivity index (χ0) is 11.1. The van der Waals surface area contributed by atoms with Gasteiger partial charge in [-0.3, -0.25) is 4.99 Å². The highest BCUT2D eigenvalue weighted by molar-refractivity contribution is 6.30. The van der Waals surface area contributed by atoms with Crippen molar-refractivity contribution in [2.45, 2.75) is 19.0 Å². The second-order valence-electron chi connectivity index (χ2n) is 3.55. The minimum Gasteiger partial charge on any atom is -0.425 e. The molecule has 0 aromatic carbocycles. The average Bonchev–Trinajstić information content (AvgIpc) is 2.14. The van der Waals surface area contributed by atoms with Crippen molar-refractivity contribution in [2.24, 2.45) is 4.99 Å². The first-order chi connectivity index (χ1) is 6.58. The molecule has 0 heterocycles. The molecule has 0 rings (SSSR count). The van der Waals surface area contributed by atoms with E-state index in [0.717, 1.165) is 12.4 Å². The number of rotatable bonds is 4. The zero-order valence-electron chi connectivity index (χ0n) is 10.2. The van der Waals surface area contributed by atoms with Crippen molar-refractivity contribution in [3.63, 3.8) is 0 Å². The van der Waals surface area contributed by atoms with Crippen molar-refractivity contribution < 1.29 is 4.43 Å². The van der Waals surface area contributed by atoms with Crippen LogP contribution in [0.1, 0.15) is 13.3 Å². The maximum atomic E-state index is 5.31. The van der Waals surface area contributed by atoms with E-state index in [1.807, 2.05) is 26.0 Å². The molecule has 4 nitrogen and oxygen atoms in total. The van der Waals surface area contributed by atoms with E-state index in [0.29, 0.717) is 5.67 Å². The molecule has 0 aromatic rings. The molecule has 1 atom stereocenters. The monoisotopic (exact) mass is 217 g/mol. The normalized spacial score (nSPS) is 14.9. The van der Waals surface area contributed by atoms with Gasteiger partial charge in [0, 0.05) is 41.0 Å². The lowest BCUT2D eigenvalue weighted by atomic mass is 10.4. The van der Waals surface area contributed by atoms with Crippen LogP contribution in [0, 0.1) is 0 Å². The highest BCUT2D eigenvalue weighted by Crippen LogP contribution is 2.03. The van der Waals surface area contributed by atoms with Gasteiger partial charge in [0.25, 0.3) is 0 Å². The second kappa shape index (κ2) is 6.84. The minimum absolute atomic E-state index is 0.477. The summed E-state index contributed by atoms with van der Waals surface area (Å²) in [5.41, 5.74) is 0.529. The Hall–Kier alpha value is -0.553. The van der Waals surface area contributed by atoms with Gasteiger partial charge in [0.1, 0.15) is 0 Å². The van der Waals surface area contributed by atoms with Crippen LogP contribution in [0.3, 0.4) is 0 Å². The van der Waals surface area contributed by atoms with E-state index < -0.39 is 9.76 Å². The average molecular weight is 217 g/mol. The van der Waals surface area contributed by atoms with Gasteiger partial charge in [-0.15, -0.1) is 0 Å². The Morgan fingerprint density at radius 3 is 2.29 bits per heavy atom. The summed E-state index contributed by atoms with van der Waals surface area (Å²) < 4.78 is 5.31. The number of nitrogens with zero attached hydrogens (tertiary/aromatic N) is 3. The highest BCUT2D eigenvalue weighted by atomic mass is 28.2. The summed E-state index contributed by atoms with van der Waals surface area (Å²) >= 11 is 0.